The number of fused-ring (bicyclic) bond motifs is 2. The highest BCUT2D eigenvalue weighted by molar-refractivity contribution is 5.91. The van der Waals surface area contributed by atoms with Gasteiger partial charge in [0, 0.05) is 23.2 Å². The first kappa shape index (κ1) is 27.3. The van der Waals surface area contributed by atoms with E-state index >= 15 is 0 Å². The fourth-order valence-electron chi connectivity index (χ4n) is 4.66. The summed E-state index contributed by atoms with van der Waals surface area (Å²) < 4.78 is 27.8. The molecule has 0 spiro atoms. The maximum Gasteiger partial charge on any atom is 0.411 e. The van der Waals surface area contributed by atoms with Gasteiger partial charge in [0.15, 0.2) is 5.82 Å². The lowest BCUT2D eigenvalue weighted by Crippen LogP contribution is -2.44. The van der Waals surface area contributed by atoms with E-state index < -0.39 is 6.09 Å². The lowest BCUT2D eigenvalue weighted by molar-refractivity contribution is 0.0494. The molecular formula is C27H28ClFN8O3. The average Bonchev–Trinajstić information content (AvgIpc) is 3.48. The van der Waals surface area contributed by atoms with Gasteiger partial charge in [-0.15, -0.1) is 12.4 Å². The van der Waals surface area contributed by atoms with Gasteiger partial charge in [-0.25, -0.2) is 18.7 Å². The van der Waals surface area contributed by atoms with Crippen molar-refractivity contribution in [2.45, 2.75) is 19.5 Å². The van der Waals surface area contributed by atoms with Crippen molar-refractivity contribution < 1.29 is 18.7 Å². The summed E-state index contributed by atoms with van der Waals surface area (Å²) in [5.74, 6) is 0.313. The molecule has 13 heteroatoms. The summed E-state index contributed by atoms with van der Waals surface area (Å²) in [5, 5.41) is 19.1. The molecule has 1 saturated heterocycles. The number of carbonyl (C=O) groups is 1. The number of aryl methyl sites for hydroxylation is 1. The minimum Gasteiger partial charge on any atom is -0.448 e. The third-order valence-electron chi connectivity index (χ3n) is 6.60. The van der Waals surface area contributed by atoms with Crippen LogP contribution in [0.2, 0.25) is 0 Å². The van der Waals surface area contributed by atoms with E-state index in [0.29, 0.717) is 31.3 Å². The number of benzene rings is 2. The molecule has 2 aromatic carbocycles. The Bertz CT molecular complexity index is 1650. The number of ether oxygens (including phenoxy) is 2. The topological polar surface area (TPSA) is 120 Å². The molecular weight excluding hydrogens is 539 g/mol. The van der Waals surface area contributed by atoms with E-state index in [-0.39, 0.29) is 30.9 Å². The van der Waals surface area contributed by atoms with Crippen LogP contribution in [0.3, 0.4) is 0 Å². The van der Waals surface area contributed by atoms with Crippen LogP contribution in [0.1, 0.15) is 11.1 Å². The highest BCUT2D eigenvalue weighted by atomic mass is 35.5. The van der Waals surface area contributed by atoms with E-state index in [1.54, 1.807) is 23.0 Å². The summed E-state index contributed by atoms with van der Waals surface area (Å²) in [6.07, 6.45) is 4.40. The average molecular weight is 567 g/mol. The highest BCUT2D eigenvalue weighted by Gasteiger charge is 2.18. The fraction of sp³-hybridized carbons (Fsp3) is 0.259. The number of amides is 1. The van der Waals surface area contributed by atoms with Crippen LogP contribution in [-0.4, -0.2) is 62.9 Å². The number of rotatable bonds is 7. The second kappa shape index (κ2) is 11.9. The second-order valence-corrected chi connectivity index (χ2v) is 9.35. The largest absolute Gasteiger partial charge is 0.448 e. The van der Waals surface area contributed by atoms with Crippen LogP contribution >= 0.6 is 12.4 Å². The van der Waals surface area contributed by atoms with Crippen molar-refractivity contribution in [1.29, 1.82) is 0 Å². The predicted octanol–water partition coefficient (Wildman–Crippen LogP) is 4.28. The van der Waals surface area contributed by atoms with Crippen LogP contribution in [0.15, 0.2) is 61.2 Å². The molecule has 11 nitrogen and oxygen atoms in total. The van der Waals surface area contributed by atoms with E-state index in [0.717, 1.165) is 39.8 Å². The van der Waals surface area contributed by atoms with Crippen molar-refractivity contribution in [2.75, 3.05) is 37.0 Å². The zero-order valence-corrected chi connectivity index (χ0v) is 22.4. The molecule has 0 aliphatic carbocycles. The van der Waals surface area contributed by atoms with Crippen LogP contribution in [0.4, 0.5) is 26.4 Å². The van der Waals surface area contributed by atoms with Crippen LogP contribution < -0.4 is 16.0 Å². The normalized spacial score (nSPS) is 15.1. The first-order valence-corrected chi connectivity index (χ1v) is 12.6. The molecule has 1 fully saturated rings. The second-order valence-electron chi connectivity index (χ2n) is 9.35. The molecule has 6 rings (SSSR count). The predicted molar refractivity (Wildman–Crippen MR) is 151 cm³/mol. The summed E-state index contributed by atoms with van der Waals surface area (Å²) in [4.78, 5) is 16.9. The summed E-state index contributed by atoms with van der Waals surface area (Å²) in [6.45, 7) is 4.46. The molecule has 208 valence electrons. The Kier molecular flexibility index (Phi) is 8.10. The molecule has 1 amide bonds. The molecule has 0 unspecified atom stereocenters. The van der Waals surface area contributed by atoms with E-state index in [9.17, 15) is 9.18 Å². The molecule has 3 aromatic heterocycles. The molecule has 4 heterocycles. The first-order valence-electron chi connectivity index (χ1n) is 12.6. The molecule has 40 heavy (non-hydrogen) atoms. The van der Waals surface area contributed by atoms with Crippen LogP contribution in [0, 0.1) is 12.7 Å². The SMILES string of the molecule is Cc1c(NC(=O)OC[C@@H]2COCCN2)cn2ncnc(Nc3ccc4c(cnn4Cc4cccc(F)c4)c3)c12.Cl. The van der Waals surface area contributed by atoms with Gasteiger partial charge in [-0.2, -0.15) is 10.2 Å². The van der Waals surface area contributed by atoms with Gasteiger partial charge in [-0.05, 0) is 42.8 Å². The molecule has 5 aromatic rings. The number of nitrogens with zero attached hydrogens (tertiary/aromatic N) is 5. The molecule has 3 N–H and O–H groups in total. The number of aromatic nitrogens is 5. The Hall–Kier alpha value is -4.26. The molecule has 1 aliphatic heterocycles. The first-order chi connectivity index (χ1) is 19.0. The summed E-state index contributed by atoms with van der Waals surface area (Å²) >= 11 is 0. The van der Waals surface area contributed by atoms with Gasteiger partial charge in [-0.1, -0.05) is 12.1 Å². The van der Waals surface area contributed by atoms with Crippen molar-refractivity contribution in [2.24, 2.45) is 0 Å². The third-order valence-corrected chi connectivity index (χ3v) is 6.60. The molecule has 0 saturated carbocycles. The van der Waals surface area contributed by atoms with Gasteiger partial charge in [0.1, 0.15) is 24.3 Å². The minimum absolute atomic E-state index is 0. The Morgan fingerprint density at radius 3 is 2.98 bits per heavy atom. The van der Waals surface area contributed by atoms with Crippen LogP contribution in [0.5, 0.6) is 0 Å². The summed E-state index contributed by atoms with van der Waals surface area (Å²) in [6, 6.07) is 12.3. The molecule has 0 bridgehead atoms. The lowest BCUT2D eigenvalue weighted by Gasteiger charge is -2.23. The Morgan fingerprint density at radius 1 is 1.25 bits per heavy atom. The molecule has 1 atom stereocenters. The van der Waals surface area contributed by atoms with Crippen LogP contribution in [-0.2, 0) is 16.0 Å². The van der Waals surface area contributed by atoms with Gasteiger partial charge >= 0.3 is 6.09 Å². The standard InChI is InChI=1S/C27H27FN8O3.ClH/c1-17-23(34-27(37)39-15-22-14-38-8-7-29-22)13-36-25(17)26(30-16-32-36)33-21-5-6-24-19(10-21)11-31-35(24)12-18-3-2-4-20(28)9-18;/h2-6,9-11,13,16,22,29H,7-8,12,14-15H2,1H3,(H,34,37)(H,30,32,33);1H/t22-;/m0./s1. The number of carbonyl (C=O) groups excluding carboxylic acids is 1. The number of nitrogens with one attached hydrogen (secondary N) is 3. The quantitative estimate of drug-likeness (QED) is 0.267. The number of anilines is 3. The number of hydrogen-bond acceptors (Lipinski definition) is 8. The zero-order valence-electron chi connectivity index (χ0n) is 21.6. The number of hydrogen-bond donors (Lipinski definition) is 3. The fourth-order valence-corrected chi connectivity index (χ4v) is 4.66. The van der Waals surface area contributed by atoms with Crippen molar-refractivity contribution in [1.82, 2.24) is 29.7 Å². The Labute approximate surface area is 235 Å². The summed E-state index contributed by atoms with van der Waals surface area (Å²) in [7, 11) is 0. The zero-order chi connectivity index (χ0) is 26.8. The van der Waals surface area contributed by atoms with Gasteiger partial charge < -0.3 is 20.1 Å². The lowest BCUT2D eigenvalue weighted by atomic mass is 10.2. The molecule has 1 aliphatic rings. The monoisotopic (exact) mass is 566 g/mol. The van der Waals surface area contributed by atoms with Crippen molar-refractivity contribution >= 4 is 52.1 Å². The highest BCUT2D eigenvalue weighted by Crippen LogP contribution is 2.29. The maximum absolute atomic E-state index is 13.6. The van der Waals surface area contributed by atoms with E-state index in [2.05, 4.69) is 31.1 Å². The van der Waals surface area contributed by atoms with Gasteiger partial charge in [0.25, 0.3) is 0 Å². The third kappa shape index (κ3) is 5.83. The summed E-state index contributed by atoms with van der Waals surface area (Å²) in [5.41, 5.74) is 4.66. The van der Waals surface area contributed by atoms with Gasteiger partial charge in [0.2, 0.25) is 0 Å². The van der Waals surface area contributed by atoms with E-state index in [1.807, 2.05) is 35.9 Å². The van der Waals surface area contributed by atoms with E-state index in [1.165, 1.54) is 18.5 Å². The van der Waals surface area contributed by atoms with Crippen molar-refractivity contribution in [3.63, 3.8) is 0 Å². The van der Waals surface area contributed by atoms with Gasteiger partial charge in [0.05, 0.1) is 49.4 Å². The smallest absolute Gasteiger partial charge is 0.411 e. The molecule has 0 radical (unpaired) electrons. The number of halogens is 2. The van der Waals surface area contributed by atoms with Crippen LogP contribution in [0.25, 0.3) is 16.4 Å². The minimum atomic E-state index is -0.551. The number of morpholine rings is 1. The van der Waals surface area contributed by atoms with Crippen molar-refractivity contribution in [3.8, 4) is 0 Å². The Balaban J connectivity index is 0.00000323. The van der Waals surface area contributed by atoms with E-state index in [4.69, 9.17) is 9.47 Å². The van der Waals surface area contributed by atoms with Crippen molar-refractivity contribution in [3.05, 3.63) is 78.1 Å². The maximum atomic E-state index is 13.6. The Morgan fingerprint density at radius 2 is 2.15 bits per heavy atom. The van der Waals surface area contributed by atoms with Gasteiger partial charge in [-0.3, -0.25) is 10.00 Å².